The molecule has 1 aliphatic heterocycles. The zero-order chi connectivity index (χ0) is 13.0. The van der Waals surface area contributed by atoms with Gasteiger partial charge in [0, 0.05) is 39.8 Å². The molecule has 0 radical (unpaired) electrons. The Kier molecular flexibility index (Phi) is 5.46. The molecule has 1 heterocycles. The van der Waals surface area contributed by atoms with E-state index in [0.29, 0.717) is 6.10 Å². The molecule has 106 valence electrons. The number of nitrogens with zero attached hydrogens (tertiary/aromatic N) is 2. The summed E-state index contributed by atoms with van der Waals surface area (Å²) in [5, 5.41) is 0. The summed E-state index contributed by atoms with van der Waals surface area (Å²) in [6.45, 7) is 8.71. The smallest absolute Gasteiger partial charge is 0.0574 e. The standard InChI is InChI=1S/C15H30N2O/c1-13(10-14-4-5-15(11-14)18-3)12-17-8-6-16(2)7-9-17/h13-15H,4-12H2,1-3H3. The number of hydrogen-bond acceptors (Lipinski definition) is 3. The van der Waals surface area contributed by atoms with E-state index in [9.17, 15) is 0 Å². The molecular formula is C15H30N2O. The lowest BCUT2D eigenvalue weighted by Crippen LogP contribution is -2.45. The van der Waals surface area contributed by atoms with Crippen molar-refractivity contribution in [3.63, 3.8) is 0 Å². The van der Waals surface area contributed by atoms with Crippen molar-refractivity contribution in [3.8, 4) is 0 Å². The summed E-state index contributed by atoms with van der Waals surface area (Å²) in [4.78, 5) is 5.08. The van der Waals surface area contributed by atoms with Crippen molar-refractivity contribution in [3.05, 3.63) is 0 Å². The van der Waals surface area contributed by atoms with E-state index in [-0.39, 0.29) is 0 Å². The van der Waals surface area contributed by atoms with Crippen molar-refractivity contribution in [2.45, 2.75) is 38.7 Å². The van der Waals surface area contributed by atoms with Crippen LogP contribution in [0.15, 0.2) is 0 Å². The SMILES string of the molecule is COC1CCC(CC(C)CN2CCN(C)CC2)C1. The van der Waals surface area contributed by atoms with Crippen LogP contribution in [0.3, 0.4) is 0 Å². The Bertz CT molecular complexity index is 235. The van der Waals surface area contributed by atoms with Crippen LogP contribution < -0.4 is 0 Å². The average Bonchev–Trinajstić information content (AvgIpc) is 2.79. The number of likely N-dealkylation sites (N-methyl/N-ethyl adjacent to an activating group) is 1. The topological polar surface area (TPSA) is 15.7 Å². The Morgan fingerprint density at radius 2 is 1.89 bits per heavy atom. The molecule has 2 aliphatic rings. The number of ether oxygens (including phenoxy) is 1. The Morgan fingerprint density at radius 1 is 1.17 bits per heavy atom. The van der Waals surface area contributed by atoms with Crippen molar-refractivity contribution in [2.75, 3.05) is 46.9 Å². The van der Waals surface area contributed by atoms with Crippen molar-refractivity contribution < 1.29 is 4.74 Å². The second-order valence-corrected chi connectivity index (χ2v) is 6.48. The van der Waals surface area contributed by atoms with Gasteiger partial charge in [-0.25, -0.2) is 0 Å². The molecule has 0 aromatic rings. The van der Waals surface area contributed by atoms with E-state index in [0.717, 1.165) is 11.8 Å². The fourth-order valence-corrected chi connectivity index (χ4v) is 3.57. The molecule has 3 unspecified atom stereocenters. The van der Waals surface area contributed by atoms with Gasteiger partial charge in [0.15, 0.2) is 0 Å². The predicted octanol–water partition coefficient (Wildman–Crippen LogP) is 2.08. The lowest BCUT2D eigenvalue weighted by molar-refractivity contribution is 0.102. The number of rotatable bonds is 5. The van der Waals surface area contributed by atoms with E-state index in [1.165, 1.54) is 58.4 Å². The second-order valence-electron chi connectivity index (χ2n) is 6.48. The van der Waals surface area contributed by atoms with Crippen LogP contribution in [-0.2, 0) is 4.74 Å². The van der Waals surface area contributed by atoms with E-state index < -0.39 is 0 Å². The molecule has 2 rings (SSSR count). The maximum absolute atomic E-state index is 5.47. The quantitative estimate of drug-likeness (QED) is 0.747. The largest absolute Gasteiger partial charge is 0.381 e. The summed E-state index contributed by atoms with van der Waals surface area (Å²) in [7, 11) is 4.09. The maximum atomic E-state index is 5.47. The minimum atomic E-state index is 0.547. The molecule has 0 amide bonds. The Balaban J connectivity index is 1.64. The van der Waals surface area contributed by atoms with Crippen LogP contribution in [0.25, 0.3) is 0 Å². The highest BCUT2D eigenvalue weighted by Crippen LogP contribution is 2.32. The van der Waals surface area contributed by atoms with Gasteiger partial charge in [-0.15, -0.1) is 0 Å². The summed E-state index contributed by atoms with van der Waals surface area (Å²) in [6, 6.07) is 0. The fraction of sp³-hybridized carbons (Fsp3) is 1.00. The minimum absolute atomic E-state index is 0.547. The van der Waals surface area contributed by atoms with E-state index >= 15 is 0 Å². The van der Waals surface area contributed by atoms with Crippen molar-refractivity contribution in [1.82, 2.24) is 9.80 Å². The molecular weight excluding hydrogens is 224 g/mol. The lowest BCUT2D eigenvalue weighted by atomic mass is 9.94. The molecule has 0 aromatic heterocycles. The zero-order valence-corrected chi connectivity index (χ0v) is 12.4. The molecule has 0 N–H and O–H groups in total. The van der Waals surface area contributed by atoms with Gasteiger partial charge in [-0.05, 0) is 44.6 Å². The molecule has 3 atom stereocenters. The lowest BCUT2D eigenvalue weighted by Gasteiger charge is -2.34. The Morgan fingerprint density at radius 3 is 2.50 bits per heavy atom. The third-order valence-electron chi connectivity index (χ3n) is 4.73. The second kappa shape index (κ2) is 6.88. The van der Waals surface area contributed by atoms with E-state index in [2.05, 4.69) is 23.8 Å². The van der Waals surface area contributed by atoms with Gasteiger partial charge in [0.1, 0.15) is 0 Å². The molecule has 18 heavy (non-hydrogen) atoms. The first-order chi connectivity index (χ1) is 8.67. The van der Waals surface area contributed by atoms with Gasteiger partial charge in [0.05, 0.1) is 6.10 Å². The highest BCUT2D eigenvalue weighted by atomic mass is 16.5. The first-order valence-corrected chi connectivity index (χ1v) is 7.61. The highest BCUT2D eigenvalue weighted by molar-refractivity contribution is 4.79. The summed E-state index contributed by atoms with van der Waals surface area (Å²) in [5.74, 6) is 1.76. The molecule has 3 nitrogen and oxygen atoms in total. The summed E-state index contributed by atoms with van der Waals surface area (Å²) >= 11 is 0. The molecule has 0 aromatic carbocycles. The van der Waals surface area contributed by atoms with Crippen LogP contribution in [-0.4, -0.2) is 62.8 Å². The average molecular weight is 254 g/mol. The van der Waals surface area contributed by atoms with Gasteiger partial charge in [0.25, 0.3) is 0 Å². The Hall–Kier alpha value is -0.120. The first-order valence-electron chi connectivity index (χ1n) is 7.61. The molecule has 0 spiro atoms. The van der Waals surface area contributed by atoms with Gasteiger partial charge in [-0.3, -0.25) is 0 Å². The van der Waals surface area contributed by atoms with Crippen LogP contribution in [0, 0.1) is 11.8 Å². The number of methoxy groups -OCH3 is 1. The minimum Gasteiger partial charge on any atom is -0.381 e. The van der Waals surface area contributed by atoms with Gasteiger partial charge in [-0.2, -0.15) is 0 Å². The van der Waals surface area contributed by atoms with Gasteiger partial charge >= 0.3 is 0 Å². The molecule has 0 bridgehead atoms. The molecule has 3 heteroatoms. The Labute approximate surface area is 112 Å². The third kappa shape index (κ3) is 4.22. The fourth-order valence-electron chi connectivity index (χ4n) is 3.57. The van der Waals surface area contributed by atoms with Gasteiger partial charge in [-0.1, -0.05) is 6.92 Å². The van der Waals surface area contributed by atoms with E-state index in [1.807, 2.05) is 7.11 Å². The third-order valence-corrected chi connectivity index (χ3v) is 4.73. The summed E-state index contributed by atoms with van der Waals surface area (Å²) in [5.41, 5.74) is 0. The summed E-state index contributed by atoms with van der Waals surface area (Å²) in [6.07, 6.45) is 5.90. The normalized spacial score (nSPS) is 32.8. The number of hydrogen-bond donors (Lipinski definition) is 0. The van der Waals surface area contributed by atoms with Crippen molar-refractivity contribution in [2.24, 2.45) is 11.8 Å². The van der Waals surface area contributed by atoms with Crippen molar-refractivity contribution >= 4 is 0 Å². The van der Waals surface area contributed by atoms with Crippen molar-refractivity contribution in [1.29, 1.82) is 0 Å². The molecule has 1 saturated carbocycles. The maximum Gasteiger partial charge on any atom is 0.0574 e. The van der Waals surface area contributed by atoms with Gasteiger partial charge < -0.3 is 14.5 Å². The van der Waals surface area contributed by atoms with E-state index in [1.54, 1.807) is 0 Å². The highest BCUT2D eigenvalue weighted by Gasteiger charge is 2.26. The molecule has 2 fully saturated rings. The van der Waals surface area contributed by atoms with Crippen LogP contribution in [0.5, 0.6) is 0 Å². The molecule has 1 saturated heterocycles. The van der Waals surface area contributed by atoms with E-state index in [4.69, 9.17) is 4.74 Å². The zero-order valence-electron chi connectivity index (χ0n) is 12.4. The predicted molar refractivity (Wildman–Crippen MR) is 75.9 cm³/mol. The first kappa shape index (κ1) is 14.3. The van der Waals surface area contributed by atoms with Gasteiger partial charge in [0.2, 0.25) is 0 Å². The van der Waals surface area contributed by atoms with Crippen LogP contribution in [0.4, 0.5) is 0 Å². The summed E-state index contributed by atoms with van der Waals surface area (Å²) < 4.78 is 5.47. The van der Waals surface area contributed by atoms with Crippen LogP contribution >= 0.6 is 0 Å². The van der Waals surface area contributed by atoms with Crippen LogP contribution in [0.1, 0.15) is 32.6 Å². The number of piperazine rings is 1. The van der Waals surface area contributed by atoms with Crippen LogP contribution in [0.2, 0.25) is 0 Å². The molecule has 1 aliphatic carbocycles. The monoisotopic (exact) mass is 254 g/mol.